The number of thiocarbonyl (C=S) groups is 1. The van der Waals surface area contributed by atoms with E-state index >= 15 is 0 Å². The van der Waals surface area contributed by atoms with Crippen molar-refractivity contribution in [1.82, 2.24) is 4.90 Å². The van der Waals surface area contributed by atoms with Crippen molar-refractivity contribution < 1.29 is 23.8 Å². The third kappa shape index (κ3) is 5.23. The van der Waals surface area contributed by atoms with Gasteiger partial charge >= 0.3 is 0 Å². The Morgan fingerprint density at radius 1 is 1.12 bits per heavy atom. The summed E-state index contributed by atoms with van der Waals surface area (Å²) in [5, 5.41) is 2.87. The molecule has 2 amide bonds. The Morgan fingerprint density at radius 3 is 2.38 bits per heavy atom. The van der Waals surface area contributed by atoms with Gasteiger partial charge in [0.2, 0.25) is 11.7 Å². The van der Waals surface area contributed by atoms with Crippen LogP contribution in [0.2, 0.25) is 0 Å². The Bertz CT molecular complexity index is 1060. The molecule has 1 aliphatic rings. The molecule has 2 aromatic carbocycles. The Hall–Kier alpha value is -3.04. The molecular formula is C23H24N2O5S2. The summed E-state index contributed by atoms with van der Waals surface area (Å²) in [6, 6.07) is 11.0. The quantitative estimate of drug-likeness (QED) is 0.455. The second-order valence-corrected chi connectivity index (χ2v) is 8.58. The van der Waals surface area contributed by atoms with Gasteiger partial charge in [-0.25, -0.2) is 0 Å². The van der Waals surface area contributed by atoms with E-state index in [0.29, 0.717) is 32.0 Å². The van der Waals surface area contributed by atoms with Crippen molar-refractivity contribution >= 4 is 51.9 Å². The second kappa shape index (κ2) is 10.5. The lowest BCUT2D eigenvalue weighted by atomic mass is 10.1. The van der Waals surface area contributed by atoms with Crippen molar-refractivity contribution in [3.8, 4) is 17.2 Å². The van der Waals surface area contributed by atoms with Crippen LogP contribution in [0, 0.1) is 6.92 Å². The highest BCUT2D eigenvalue weighted by molar-refractivity contribution is 8.26. The fraction of sp³-hybridized carbons (Fsp3) is 0.261. The van der Waals surface area contributed by atoms with Gasteiger partial charge in [-0.05, 0) is 42.3 Å². The van der Waals surface area contributed by atoms with Gasteiger partial charge < -0.3 is 19.5 Å². The van der Waals surface area contributed by atoms with Gasteiger partial charge in [-0.15, -0.1) is 0 Å². The van der Waals surface area contributed by atoms with Gasteiger partial charge in [-0.1, -0.05) is 42.2 Å². The minimum absolute atomic E-state index is 0.137. The van der Waals surface area contributed by atoms with Crippen molar-refractivity contribution in [2.24, 2.45) is 0 Å². The predicted molar refractivity (Wildman–Crippen MR) is 130 cm³/mol. The standard InChI is InChI=1S/C23H24N2O5S2/c1-14-7-5-6-8-16(14)24-20(26)9-10-25-22(27)19(32-23(25)31)13-15-11-17(28-2)21(30-4)18(12-15)29-3/h5-8,11-13H,9-10H2,1-4H3,(H,24,26)/b19-13-. The van der Waals surface area contributed by atoms with Gasteiger partial charge in [0.15, 0.2) is 11.5 Å². The smallest absolute Gasteiger partial charge is 0.266 e. The van der Waals surface area contributed by atoms with Gasteiger partial charge in [0.25, 0.3) is 5.91 Å². The summed E-state index contributed by atoms with van der Waals surface area (Å²) < 4.78 is 16.5. The number of aryl methyl sites for hydroxylation is 1. The van der Waals surface area contributed by atoms with E-state index in [1.165, 1.54) is 38.0 Å². The first kappa shape index (κ1) is 23.6. The number of nitrogens with one attached hydrogen (secondary N) is 1. The SMILES string of the molecule is COc1cc(/C=C2\SC(=S)N(CCC(=O)Nc3ccccc3C)C2=O)cc(OC)c1OC. The lowest BCUT2D eigenvalue weighted by Crippen LogP contribution is -2.31. The number of hydrogen-bond donors (Lipinski definition) is 1. The molecule has 9 heteroatoms. The molecule has 2 aromatic rings. The summed E-state index contributed by atoms with van der Waals surface area (Å²) >= 11 is 6.57. The molecule has 1 saturated heterocycles. The molecule has 0 radical (unpaired) electrons. The van der Waals surface area contributed by atoms with Crippen LogP contribution in [0.15, 0.2) is 41.3 Å². The number of para-hydroxylation sites is 1. The van der Waals surface area contributed by atoms with Gasteiger partial charge in [0, 0.05) is 18.7 Å². The van der Waals surface area contributed by atoms with Crippen LogP contribution in [-0.2, 0) is 9.59 Å². The molecule has 0 spiro atoms. The summed E-state index contributed by atoms with van der Waals surface area (Å²) in [4.78, 5) is 27.2. The first-order chi connectivity index (χ1) is 15.4. The third-order valence-corrected chi connectivity index (χ3v) is 6.22. The first-order valence-corrected chi connectivity index (χ1v) is 11.0. The molecule has 1 N–H and O–H groups in total. The number of amides is 2. The van der Waals surface area contributed by atoms with Crippen LogP contribution in [0.1, 0.15) is 17.5 Å². The molecule has 7 nitrogen and oxygen atoms in total. The summed E-state index contributed by atoms with van der Waals surface area (Å²) in [6.45, 7) is 2.13. The minimum atomic E-state index is -0.238. The summed E-state index contributed by atoms with van der Waals surface area (Å²) in [6.07, 6.45) is 1.86. The third-order valence-electron chi connectivity index (χ3n) is 4.84. The maximum atomic E-state index is 12.9. The molecule has 1 aliphatic heterocycles. The van der Waals surface area contributed by atoms with E-state index in [-0.39, 0.29) is 24.8 Å². The number of ether oxygens (including phenoxy) is 3. The average molecular weight is 473 g/mol. The van der Waals surface area contributed by atoms with Gasteiger partial charge in [0.1, 0.15) is 4.32 Å². The monoisotopic (exact) mass is 472 g/mol. The molecule has 1 fully saturated rings. The Kier molecular flexibility index (Phi) is 7.76. The van der Waals surface area contributed by atoms with Crippen molar-refractivity contribution in [3.05, 3.63) is 52.4 Å². The maximum absolute atomic E-state index is 12.9. The molecule has 0 aromatic heterocycles. The van der Waals surface area contributed by atoms with Crippen LogP contribution >= 0.6 is 24.0 Å². The van der Waals surface area contributed by atoms with Crippen LogP contribution in [-0.4, -0.2) is 48.9 Å². The zero-order valence-corrected chi connectivity index (χ0v) is 19.9. The normalized spacial score (nSPS) is 14.6. The molecule has 3 rings (SSSR count). The average Bonchev–Trinajstić information content (AvgIpc) is 3.05. The van der Waals surface area contributed by atoms with Crippen molar-refractivity contribution in [1.29, 1.82) is 0 Å². The number of nitrogens with zero attached hydrogens (tertiary/aromatic N) is 1. The Labute approximate surface area is 196 Å². The van der Waals surface area contributed by atoms with Crippen LogP contribution in [0.25, 0.3) is 6.08 Å². The van der Waals surface area contributed by atoms with Crippen molar-refractivity contribution in [3.63, 3.8) is 0 Å². The Morgan fingerprint density at radius 2 is 1.78 bits per heavy atom. The number of hydrogen-bond acceptors (Lipinski definition) is 7. The van der Waals surface area contributed by atoms with Gasteiger partial charge in [0.05, 0.1) is 26.2 Å². The predicted octanol–water partition coefficient (Wildman–Crippen LogP) is 4.25. The van der Waals surface area contributed by atoms with E-state index in [0.717, 1.165) is 11.3 Å². The number of methoxy groups -OCH3 is 3. The van der Waals surface area contributed by atoms with E-state index in [1.807, 2.05) is 31.2 Å². The van der Waals surface area contributed by atoms with E-state index in [2.05, 4.69) is 5.32 Å². The number of benzene rings is 2. The molecule has 168 valence electrons. The van der Waals surface area contributed by atoms with Crippen LogP contribution in [0.3, 0.4) is 0 Å². The molecule has 0 unspecified atom stereocenters. The second-order valence-electron chi connectivity index (χ2n) is 6.91. The highest BCUT2D eigenvalue weighted by Gasteiger charge is 2.32. The summed E-state index contributed by atoms with van der Waals surface area (Å²) in [5.74, 6) is 1.03. The fourth-order valence-corrected chi connectivity index (χ4v) is 4.48. The van der Waals surface area contributed by atoms with Crippen LogP contribution in [0.5, 0.6) is 17.2 Å². The molecule has 0 saturated carbocycles. The lowest BCUT2D eigenvalue weighted by molar-refractivity contribution is -0.122. The molecule has 1 heterocycles. The maximum Gasteiger partial charge on any atom is 0.266 e. The van der Waals surface area contributed by atoms with E-state index in [4.69, 9.17) is 26.4 Å². The molecule has 32 heavy (non-hydrogen) atoms. The summed E-state index contributed by atoms with van der Waals surface area (Å²) in [5.41, 5.74) is 2.43. The van der Waals surface area contributed by atoms with Gasteiger partial charge in [-0.2, -0.15) is 0 Å². The Balaban J connectivity index is 1.71. The number of rotatable bonds is 8. The highest BCUT2D eigenvalue weighted by Crippen LogP contribution is 2.40. The van der Waals surface area contributed by atoms with E-state index in [1.54, 1.807) is 18.2 Å². The van der Waals surface area contributed by atoms with Crippen molar-refractivity contribution in [2.75, 3.05) is 33.2 Å². The number of thioether (sulfide) groups is 1. The number of carbonyl (C=O) groups excluding carboxylic acids is 2. The highest BCUT2D eigenvalue weighted by atomic mass is 32.2. The summed E-state index contributed by atoms with van der Waals surface area (Å²) in [7, 11) is 4.59. The first-order valence-electron chi connectivity index (χ1n) is 9.78. The fourth-order valence-electron chi connectivity index (χ4n) is 3.17. The molecule has 0 atom stereocenters. The van der Waals surface area contributed by atoms with Crippen LogP contribution < -0.4 is 19.5 Å². The number of carbonyl (C=O) groups is 2. The van der Waals surface area contributed by atoms with Crippen molar-refractivity contribution in [2.45, 2.75) is 13.3 Å². The zero-order valence-electron chi connectivity index (χ0n) is 18.3. The number of anilines is 1. The van der Waals surface area contributed by atoms with Gasteiger partial charge in [-0.3, -0.25) is 14.5 Å². The molecular weight excluding hydrogens is 448 g/mol. The molecule has 0 bridgehead atoms. The molecule has 0 aliphatic carbocycles. The minimum Gasteiger partial charge on any atom is -0.493 e. The van der Waals surface area contributed by atoms with Crippen LogP contribution in [0.4, 0.5) is 5.69 Å². The van der Waals surface area contributed by atoms with E-state index in [9.17, 15) is 9.59 Å². The lowest BCUT2D eigenvalue weighted by Gasteiger charge is -2.15. The topological polar surface area (TPSA) is 77.1 Å². The largest absolute Gasteiger partial charge is 0.493 e. The zero-order chi connectivity index (χ0) is 23.3. The van der Waals surface area contributed by atoms with E-state index < -0.39 is 0 Å².